The number of carbonyl (C=O) groups excluding carboxylic acids is 1. The number of hydrogen-bond acceptors (Lipinski definition) is 6. The quantitative estimate of drug-likeness (QED) is 0.321. The fourth-order valence-corrected chi connectivity index (χ4v) is 3.80. The first-order valence-electron chi connectivity index (χ1n) is 10.00. The minimum absolute atomic E-state index is 0.0159. The average molecular weight is 459 g/mol. The average Bonchev–Trinajstić information content (AvgIpc) is 2.82. The number of methoxy groups -OCH3 is 1. The molecule has 2 N–H and O–H groups in total. The molecule has 0 bridgehead atoms. The Kier molecular flexibility index (Phi) is 6.34. The second kappa shape index (κ2) is 9.51. The van der Waals surface area contributed by atoms with Crippen LogP contribution in [0.3, 0.4) is 0 Å². The van der Waals surface area contributed by atoms with Gasteiger partial charge < -0.3 is 19.9 Å². The van der Waals surface area contributed by atoms with E-state index in [1.54, 1.807) is 49.6 Å². The summed E-state index contributed by atoms with van der Waals surface area (Å²) in [6.45, 7) is 0. The molecule has 0 spiro atoms. The second-order valence-corrected chi connectivity index (χ2v) is 7.58. The third-order valence-corrected chi connectivity index (χ3v) is 5.50. The molecule has 0 saturated carbocycles. The molecule has 7 heteroatoms. The zero-order valence-electron chi connectivity index (χ0n) is 17.6. The molecule has 4 rings (SSSR count). The van der Waals surface area contributed by atoms with Gasteiger partial charge >= 0.3 is 5.97 Å². The standard InChI is InChI=1S/C26H19ClN2O4/c1-31-17-9-6-16(7-10-17)8-13-24(30)32-18-11-12-20-23(14-18)33-26(29)21(15-28)25(20)19-4-2-3-5-22(19)27/h2-14,25H,29H2,1H3/b13-8+. The van der Waals surface area contributed by atoms with Gasteiger partial charge in [0, 0.05) is 22.7 Å². The second-order valence-electron chi connectivity index (χ2n) is 7.17. The van der Waals surface area contributed by atoms with Crippen LogP contribution in [0, 0.1) is 11.3 Å². The minimum atomic E-state index is -0.551. The SMILES string of the molecule is COc1ccc(/C=C/C(=O)Oc2ccc3c(c2)OC(N)=C(C#N)C3c2ccccc2Cl)cc1. The fourth-order valence-electron chi connectivity index (χ4n) is 3.56. The summed E-state index contributed by atoms with van der Waals surface area (Å²) in [5.74, 6) is 0.340. The van der Waals surface area contributed by atoms with Crippen LogP contribution in [0.15, 0.2) is 84.3 Å². The van der Waals surface area contributed by atoms with E-state index in [1.165, 1.54) is 6.08 Å². The number of nitrogens with zero attached hydrogens (tertiary/aromatic N) is 1. The van der Waals surface area contributed by atoms with Crippen molar-refractivity contribution < 1.29 is 19.0 Å². The van der Waals surface area contributed by atoms with E-state index in [2.05, 4.69) is 6.07 Å². The van der Waals surface area contributed by atoms with Gasteiger partial charge in [-0.2, -0.15) is 5.26 Å². The lowest BCUT2D eigenvalue weighted by molar-refractivity contribution is -0.128. The molecule has 0 fully saturated rings. The van der Waals surface area contributed by atoms with Crippen LogP contribution in [0.1, 0.15) is 22.6 Å². The van der Waals surface area contributed by atoms with Crippen molar-refractivity contribution in [2.24, 2.45) is 5.73 Å². The van der Waals surface area contributed by atoms with E-state index in [9.17, 15) is 10.1 Å². The summed E-state index contributed by atoms with van der Waals surface area (Å²) in [5.41, 5.74) is 8.55. The van der Waals surface area contributed by atoms with Gasteiger partial charge in [-0.25, -0.2) is 4.79 Å². The molecule has 1 heterocycles. The normalized spacial score (nSPS) is 14.9. The van der Waals surface area contributed by atoms with Gasteiger partial charge in [-0.15, -0.1) is 0 Å². The van der Waals surface area contributed by atoms with Crippen molar-refractivity contribution in [2.45, 2.75) is 5.92 Å². The zero-order valence-corrected chi connectivity index (χ0v) is 18.4. The lowest BCUT2D eigenvalue weighted by Crippen LogP contribution is -2.21. The molecule has 0 aliphatic carbocycles. The maximum atomic E-state index is 12.3. The monoisotopic (exact) mass is 458 g/mol. The number of esters is 1. The Hall–Kier alpha value is -4.21. The Morgan fingerprint density at radius 1 is 1.09 bits per heavy atom. The first-order valence-corrected chi connectivity index (χ1v) is 10.4. The number of carbonyl (C=O) groups is 1. The van der Waals surface area contributed by atoms with Gasteiger partial charge in [-0.3, -0.25) is 0 Å². The smallest absolute Gasteiger partial charge is 0.336 e. The Labute approximate surface area is 196 Å². The van der Waals surface area contributed by atoms with Gasteiger partial charge in [0.1, 0.15) is 28.9 Å². The van der Waals surface area contributed by atoms with Crippen molar-refractivity contribution in [3.8, 4) is 23.3 Å². The largest absolute Gasteiger partial charge is 0.497 e. The van der Waals surface area contributed by atoms with E-state index in [4.69, 9.17) is 31.5 Å². The summed E-state index contributed by atoms with van der Waals surface area (Å²) in [6.07, 6.45) is 2.97. The van der Waals surface area contributed by atoms with E-state index >= 15 is 0 Å². The fraction of sp³-hybridized carbons (Fsp3) is 0.0769. The molecule has 0 amide bonds. The van der Waals surface area contributed by atoms with Crippen molar-refractivity contribution in [3.63, 3.8) is 0 Å². The molecule has 164 valence electrons. The number of benzene rings is 3. The van der Waals surface area contributed by atoms with Crippen LogP contribution in [0.2, 0.25) is 5.02 Å². The van der Waals surface area contributed by atoms with Gasteiger partial charge in [0.05, 0.1) is 13.0 Å². The van der Waals surface area contributed by atoms with E-state index in [1.807, 2.05) is 30.3 Å². The number of hydrogen-bond donors (Lipinski definition) is 1. The van der Waals surface area contributed by atoms with E-state index in [0.717, 1.165) is 16.9 Å². The molecule has 0 radical (unpaired) electrons. The van der Waals surface area contributed by atoms with Crippen molar-refractivity contribution in [1.29, 1.82) is 5.26 Å². The highest BCUT2D eigenvalue weighted by Crippen LogP contribution is 2.45. The summed E-state index contributed by atoms with van der Waals surface area (Å²) in [6, 6.07) is 21.6. The Morgan fingerprint density at radius 3 is 2.52 bits per heavy atom. The molecule has 33 heavy (non-hydrogen) atoms. The van der Waals surface area contributed by atoms with Crippen LogP contribution in [-0.4, -0.2) is 13.1 Å². The van der Waals surface area contributed by atoms with Gasteiger partial charge in [-0.1, -0.05) is 48.0 Å². The summed E-state index contributed by atoms with van der Waals surface area (Å²) < 4.78 is 16.2. The zero-order chi connectivity index (χ0) is 23.4. The summed E-state index contributed by atoms with van der Waals surface area (Å²) in [7, 11) is 1.59. The topological polar surface area (TPSA) is 94.6 Å². The molecule has 1 aliphatic rings. The predicted molar refractivity (Wildman–Crippen MR) is 125 cm³/mol. The maximum Gasteiger partial charge on any atom is 0.336 e. The number of allylic oxidation sites excluding steroid dienone is 1. The molecular formula is C26H19ClN2O4. The molecule has 1 atom stereocenters. The number of halogens is 1. The van der Waals surface area contributed by atoms with Gasteiger partial charge in [0.15, 0.2) is 0 Å². The molecule has 3 aromatic rings. The summed E-state index contributed by atoms with van der Waals surface area (Å²) in [5, 5.41) is 10.2. The first kappa shape index (κ1) is 22.0. The van der Waals surface area contributed by atoms with Crippen LogP contribution in [0.4, 0.5) is 0 Å². The van der Waals surface area contributed by atoms with E-state index < -0.39 is 11.9 Å². The molecule has 0 aromatic heterocycles. The van der Waals surface area contributed by atoms with Crippen molar-refractivity contribution in [2.75, 3.05) is 7.11 Å². The molecule has 3 aromatic carbocycles. The lowest BCUT2D eigenvalue weighted by Gasteiger charge is -2.27. The summed E-state index contributed by atoms with van der Waals surface area (Å²) >= 11 is 6.40. The molecule has 1 unspecified atom stereocenters. The number of nitriles is 1. The molecule has 0 saturated heterocycles. The maximum absolute atomic E-state index is 12.3. The summed E-state index contributed by atoms with van der Waals surface area (Å²) in [4.78, 5) is 12.3. The van der Waals surface area contributed by atoms with Gasteiger partial charge in [0.2, 0.25) is 5.88 Å². The van der Waals surface area contributed by atoms with E-state index in [-0.39, 0.29) is 17.2 Å². The third-order valence-electron chi connectivity index (χ3n) is 5.15. The Bertz CT molecular complexity index is 1310. The van der Waals surface area contributed by atoms with Gasteiger partial charge in [0.25, 0.3) is 0 Å². The van der Waals surface area contributed by atoms with Crippen LogP contribution in [0.25, 0.3) is 6.08 Å². The van der Waals surface area contributed by atoms with Gasteiger partial charge in [-0.05, 0) is 41.5 Å². The first-order chi connectivity index (χ1) is 16.0. The Balaban J connectivity index is 1.58. The highest BCUT2D eigenvalue weighted by molar-refractivity contribution is 6.31. The van der Waals surface area contributed by atoms with Crippen LogP contribution >= 0.6 is 11.6 Å². The van der Waals surface area contributed by atoms with Crippen LogP contribution in [-0.2, 0) is 4.79 Å². The molecule has 6 nitrogen and oxygen atoms in total. The minimum Gasteiger partial charge on any atom is -0.497 e. The predicted octanol–water partition coefficient (Wildman–Crippen LogP) is 5.19. The highest BCUT2D eigenvalue weighted by Gasteiger charge is 2.32. The number of nitrogens with two attached hydrogens (primary N) is 1. The molecular weight excluding hydrogens is 440 g/mol. The molecule has 1 aliphatic heterocycles. The van der Waals surface area contributed by atoms with E-state index in [0.29, 0.717) is 16.3 Å². The van der Waals surface area contributed by atoms with Crippen molar-refractivity contribution >= 4 is 23.6 Å². The van der Waals surface area contributed by atoms with Crippen LogP contribution in [0.5, 0.6) is 17.2 Å². The Morgan fingerprint density at radius 2 is 1.82 bits per heavy atom. The third kappa shape index (κ3) is 4.69. The van der Waals surface area contributed by atoms with Crippen molar-refractivity contribution in [1.82, 2.24) is 0 Å². The number of ether oxygens (including phenoxy) is 3. The number of fused-ring (bicyclic) bond motifs is 1. The van der Waals surface area contributed by atoms with Crippen molar-refractivity contribution in [3.05, 3.63) is 106 Å². The highest BCUT2D eigenvalue weighted by atomic mass is 35.5. The number of rotatable bonds is 5. The lowest BCUT2D eigenvalue weighted by atomic mass is 9.83. The van der Waals surface area contributed by atoms with Crippen LogP contribution < -0.4 is 19.9 Å².